The standard InChI is InChI=1S/C22H24N2O/c23-15-16-24(17-18-7-3-1-4-8-18)22(25)21-13-11-20(12-14-21)19-9-5-2-6-10-19/h1,3-4,7-8,11-14,19H,2,5-6,9-10,16-17H2. The normalized spacial score (nSPS) is 14.7. The molecule has 1 saturated carbocycles. The van der Waals surface area contributed by atoms with Gasteiger partial charge in [0.1, 0.15) is 6.54 Å². The van der Waals surface area contributed by atoms with Crippen LogP contribution in [0.25, 0.3) is 0 Å². The molecule has 0 aromatic heterocycles. The predicted octanol–water partition coefficient (Wildman–Crippen LogP) is 4.90. The van der Waals surface area contributed by atoms with Crippen LogP contribution in [-0.2, 0) is 6.54 Å². The molecule has 128 valence electrons. The molecule has 0 atom stereocenters. The number of hydrogen-bond donors (Lipinski definition) is 0. The van der Waals surface area contributed by atoms with Crippen LogP contribution in [0, 0.1) is 11.3 Å². The Bertz CT molecular complexity index is 725. The molecule has 0 spiro atoms. The molecule has 2 aromatic carbocycles. The maximum Gasteiger partial charge on any atom is 0.255 e. The van der Waals surface area contributed by atoms with Gasteiger partial charge in [-0.25, -0.2) is 0 Å². The number of rotatable bonds is 5. The van der Waals surface area contributed by atoms with Gasteiger partial charge < -0.3 is 4.90 Å². The van der Waals surface area contributed by atoms with Crippen molar-refractivity contribution in [1.29, 1.82) is 5.26 Å². The quantitative estimate of drug-likeness (QED) is 0.731. The average molecular weight is 332 g/mol. The minimum Gasteiger partial charge on any atom is -0.321 e. The number of hydrogen-bond acceptors (Lipinski definition) is 2. The lowest BCUT2D eigenvalue weighted by Gasteiger charge is -2.23. The zero-order valence-corrected chi connectivity index (χ0v) is 14.5. The highest BCUT2D eigenvalue weighted by Crippen LogP contribution is 2.32. The Morgan fingerprint density at radius 2 is 1.68 bits per heavy atom. The second-order valence-electron chi connectivity index (χ2n) is 6.76. The zero-order valence-electron chi connectivity index (χ0n) is 14.5. The minimum atomic E-state index is -0.0828. The van der Waals surface area contributed by atoms with Crippen molar-refractivity contribution in [3.8, 4) is 6.07 Å². The van der Waals surface area contributed by atoms with E-state index in [1.165, 1.54) is 37.7 Å². The summed E-state index contributed by atoms with van der Waals surface area (Å²) in [5.74, 6) is 0.554. The van der Waals surface area contributed by atoms with E-state index in [1.807, 2.05) is 42.5 Å². The van der Waals surface area contributed by atoms with Crippen LogP contribution in [0.4, 0.5) is 0 Å². The van der Waals surface area contributed by atoms with Gasteiger partial charge in [-0.1, -0.05) is 61.7 Å². The summed E-state index contributed by atoms with van der Waals surface area (Å²) in [5, 5.41) is 9.08. The molecular formula is C22H24N2O. The highest BCUT2D eigenvalue weighted by atomic mass is 16.2. The lowest BCUT2D eigenvalue weighted by atomic mass is 9.84. The fourth-order valence-corrected chi connectivity index (χ4v) is 3.61. The maximum absolute atomic E-state index is 12.8. The first-order valence-electron chi connectivity index (χ1n) is 9.08. The Balaban J connectivity index is 1.72. The van der Waals surface area contributed by atoms with Gasteiger partial charge in [-0.3, -0.25) is 4.79 Å². The second kappa shape index (κ2) is 8.48. The Morgan fingerprint density at radius 1 is 1.00 bits per heavy atom. The molecular weight excluding hydrogens is 308 g/mol. The van der Waals surface area contributed by atoms with Crippen molar-refractivity contribution < 1.29 is 4.79 Å². The monoisotopic (exact) mass is 332 g/mol. The maximum atomic E-state index is 12.8. The van der Waals surface area contributed by atoms with Gasteiger partial charge in [-0.15, -0.1) is 0 Å². The van der Waals surface area contributed by atoms with Crippen LogP contribution in [0.2, 0.25) is 0 Å². The van der Waals surface area contributed by atoms with Crippen LogP contribution in [0.3, 0.4) is 0 Å². The molecule has 1 aliphatic rings. The van der Waals surface area contributed by atoms with Crippen LogP contribution in [0.5, 0.6) is 0 Å². The molecule has 1 fully saturated rings. The summed E-state index contributed by atoms with van der Waals surface area (Å²) in [6, 6.07) is 19.9. The molecule has 0 aliphatic heterocycles. The first kappa shape index (κ1) is 17.2. The zero-order chi connectivity index (χ0) is 17.5. The van der Waals surface area contributed by atoms with E-state index < -0.39 is 0 Å². The molecule has 3 rings (SSSR count). The summed E-state index contributed by atoms with van der Waals surface area (Å²) in [6.07, 6.45) is 6.45. The molecule has 25 heavy (non-hydrogen) atoms. The summed E-state index contributed by atoms with van der Waals surface area (Å²) >= 11 is 0. The largest absolute Gasteiger partial charge is 0.321 e. The SMILES string of the molecule is N#CCN(Cc1ccccc1)C(=O)c1ccc(C2CCCCC2)cc1. The number of nitrogens with zero attached hydrogens (tertiary/aromatic N) is 2. The van der Waals surface area contributed by atoms with Crippen molar-refractivity contribution in [1.82, 2.24) is 4.90 Å². The van der Waals surface area contributed by atoms with Gasteiger partial charge in [-0.05, 0) is 42.0 Å². The smallest absolute Gasteiger partial charge is 0.255 e. The van der Waals surface area contributed by atoms with E-state index in [2.05, 4.69) is 18.2 Å². The molecule has 3 nitrogen and oxygen atoms in total. The highest BCUT2D eigenvalue weighted by Gasteiger charge is 2.18. The lowest BCUT2D eigenvalue weighted by molar-refractivity contribution is 0.0765. The molecule has 2 aromatic rings. The van der Waals surface area contributed by atoms with Gasteiger partial charge in [0.2, 0.25) is 0 Å². The minimum absolute atomic E-state index is 0.0828. The summed E-state index contributed by atoms with van der Waals surface area (Å²) < 4.78 is 0. The fourth-order valence-electron chi connectivity index (χ4n) is 3.61. The predicted molar refractivity (Wildman–Crippen MR) is 99.1 cm³/mol. The third-order valence-electron chi connectivity index (χ3n) is 5.00. The topological polar surface area (TPSA) is 44.1 Å². The number of amides is 1. The molecule has 1 amide bonds. The van der Waals surface area contributed by atoms with Crippen LogP contribution in [0.1, 0.15) is 59.5 Å². The fraction of sp³-hybridized carbons (Fsp3) is 0.364. The van der Waals surface area contributed by atoms with E-state index in [9.17, 15) is 4.79 Å². The van der Waals surface area contributed by atoms with E-state index in [1.54, 1.807) is 4.90 Å². The Labute approximate surface area is 149 Å². The molecule has 1 aliphatic carbocycles. The second-order valence-corrected chi connectivity index (χ2v) is 6.76. The van der Waals surface area contributed by atoms with E-state index in [0.29, 0.717) is 18.0 Å². The molecule has 0 heterocycles. The number of carbonyl (C=O) groups excluding carboxylic acids is 1. The van der Waals surface area contributed by atoms with Crippen molar-refractivity contribution in [2.75, 3.05) is 6.54 Å². The van der Waals surface area contributed by atoms with Crippen molar-refractivity contribution in [3.63, 3.8) is 0 Å². The average Bonchev–Trinajstić information content (AvgIpc) is 2.69. The summed E-state index contributed by atoms with van der Waals surface area (Å²) in [7, 11) is 0. The van der Waals surface area contributed by atoms with Gasteiger partial charge >= 0.3 is 0 Å². The van der Waals surface area contributed by atoms with E-state index in [0.717, 1.165) is 5.56 Å². The lowest BCUT2D eigenvalue weighted by Crippen LogP contribution is -2.30. The van der Waals surface area contributed by atoms with Crippen molar-refractivity contribution >= 4 is 5.91 Å². The number of benzene rings is 2. The molecule has 3 heteroatoms. The molecule has 0 saturated heterocycles. The van der Waals surface area contributed by atoms with Crippen LogP contribution in [-0.4, -0.2) is 17.4 Å². The first-order valence-corrected chi connectivity index (χ1v) is 9.08. The first-order chi connectivity index (χ1) is 12.3. The van der Waals surface area contributed by atoms with Gasteiger partial charge in [0, 0.05) is 12.1 Å². The van der Waals surface area contributed by atoms with Crippen LogP contribution in [0.15, 0.2) is 54.6 Å². The molecule has 0 unspecified atom stereocenters. The summed E-state index contributed by atoms with van der Waals surface area (Å²) in [4.78, 5) is 14.4. The van der Waals surface area contributed by atoms with Gasteiger partial charge in [0.05, 0.1) is 6.07 Å². The highest BCUT2D eigenvalue weighted by molar-refractivity contribution is 5.94. The Morgan fingerprint density at radius 3 is 2.32 bits per heavy atom. The third-order valence-corrected chi connectivity index (χ3v) is 5.00. The third kappa shape index (κ3) is 4.48. The summed E-state index contributed by atoms with van der Waals surface area (Å²) in [5.41, 5.74) is 3.03. The van der Waals surface area contributed by atoms with E-state index >= 15 is 0 Å². The Kier molecular flexibility index (Phi) is 5.85. The molecule has 0 radical (unpaired) electrons. The van der Waals surface area contributed by atoms with Crippen molar-refractivity contribution in [2.24, 2.45) is 0 Å². The summed E-state index contributed by atoms with van der Waals surface area (Å²) in [6.45, 7) is 0.551. The van der Waals surface area contributed by atoms with Crippen LogP contribution >= 0.6 is 0 Å². The Hall–Kier alpha value is -2.60. The van der Waals surface area contributed by atoms with Crippen molar-refractivity contribution in [3.05, 3.63) is 71.3 Å². The van der Waals surface area contributed by atoms with E-state index in [4.69, 9.17) is 5.26 Å². The van der Waals surface area contributed by atoms with Gasteiger partial charge in [0.25, 0.3) is 5.91 Å². The van der Waals surface area contributed by atoms with Crippen LogP contribution < -0.4 is 0 Å². The molecule has 0 bridgehead atoms. The number of carbonyl (C=O) groups is 1. The van der Waals surface area contributed by atoms with Gasteiger partial charge in [-0.2, -0.15) is 5.26 Å². The number of nitriles is 1. The van der Waals surface area contributed by atoms with Gasteiger partial charge in [0.15, 0.2) is 0 Å². The van der Waals surface area contributed by atoms with E-state index in [-0.39, 0.29) is 12.5 Å². The molecule has 0 N–H and O–H groups in total. The van der Waals surface area contributed by atoms with Crippen molar-refractivity contribution in [2.45, 2.75) is 44.6 Å².